The molecule has 17 nitrogen and oxygen atoms in total. The molecule has 6 atom stereocenters. The van der Waals surface area contributed by atoms with E-state index in [0.29, 0.717) is 25.7 Å². The zero-order valence-electron chi connectivity index (χ0n) is 72.0. The average molecular weight is 1590 g/mol. The number of carbonyl (C=O) groups excluding carboxylic acids is 4. The lowest BCUT2D eigenvalue weighted by atomic mass is 9.99. The Kier molecular flexibility index (Phi) is 78.5. The summed E-state index contributed by atoms with van der Waals surface area (Å²) in [4.78, 5) is 73.4. The second kappa shape index (κ2) is 79.9. The van der Waals surface area contributed by atoms with Crippen LogP contribution in [0, 0.1) is 17.8 Å². The molecular weight excluding hydrogens is 1410 g/mol. The summed E-state index contributed by atoms with van der Waals surface area (Å²) in [7, 11) is -9.94. The highest BCUT2D eigenvalue weighted by atomic mass is 31.2. The second-order valence-electron chi connectivity index (χ2n) is 33.5. The largest absolute Gasteiger partial charge is 0.472 e. The van der Waals surface area contributed by atoms with Crippen LogP contribution in [0.5, 0.6) is 0 Å². The van der Waals surface area contributed by atoms with Crippen LogP contribution >= 0.6 is 15.6 Å². The first-order valence-corrected chi connectivity index (χ1v) is 49.4. The van der Waals surface area contributed by atoms with Gasteiger partial charge in [0.1, 0.15) is 19.3 Å². The maximum Gasteiger partial charge on any atom is 0.472 e. The Balaban J connectivity index is 5.26. The van der Waals surface area contributed by atoms with Crippen molar-refractivity contribution in [3.63, 3.8) is 0 Å². The van der Waals surface area contributed by atoms with E-state index in [4.69, 9.17) is 37.0 Å². The van der Waals surface area contributed by atoms with Crippen LogP contribution in [-0.4, -0.2) is 96.7 Å². The molecule has 3 N–H and O–H groups in total. The average Bonchev–Trinajstić information content (AvgIpc) is 0.899. The van der Waals surface area contributed by atoms with Crippen molar-refractivity contribution < 1.29 is 80.2 Å². The zero-order valence-corrected chi connectivity index (χ0v) is 73.8. The molecule has 0 aliphatic heterocycles. The van der Waals surface area contributed by atoms with Gasteiger partial charge in [-0.05, 0) is 43.4 Å². The highest BCUT2D eigenvalue weighted by Gasteiger charge is 2.31. The van der Waals surface area contributed by atoms with Crippen molar-refractivity contribution in [2.45, 2.75) is 497 Å². The van der Waals surface area contributed by atoms with Gasteiger partial charge in [0.05, 0.1) is 26.4 Å². The molecule has 0 aliphatic carbocycles. The molecule has 0 bridgehead atoms. The summed E-state index contributed by atoms with van der Waals surface area (Å²) in [5.74, 6) is 0.312. The zero-order chi connectivity index (χ0) is 80.0. The van der Waals surface area contributed by atoms with Crippen molar-refractivity contribution in [1.82, 2.24) is 0 Å². The van der Waals surface area contributed by atoms with E-state index >= 15 is 0 Å². The summed E-state index contributed by atoms with van der Waals surface area (Å²) in [6.07, 6.45) is 72.2. The lowest BCUT2D eigenvalue weighted by Crippen LogP contribution is -2.30. The van der Waals surface area contributed by atoms with Crippen molar-refractivity contribution in [3.8, 4) is 0 Å². The molecule has 0 saturated carbocycles. The fourth-order valence-electron chi connectivity index (χ4n) is 14.0. The summed E-state index contributed by atoms with van der Waals surface area (Å²) >= 11 is 0. The van der Waals surface area contributed by atoms with Crippen molar-refractivity contribution >= 4 is 39.5 Å². The summed E-state index contributed by atoms with van der Waals surface area (Å²) < 4.78 is 69.1. The first-order valence-electron chi connectivity index (χ1n) is 46.4. The van der Waals surface area contributed by atoms with Crippen LogP contribution < -0.4 is 0 Å². The van der Waals surface area contributed by atoms with Gasteiger partial charge >= 0.3 is 39.5 Å². The molecule has 0 saturated heterocycles. The maximum atomic E-state index is 13.2. The molecular formula is C90H176O17P2. The number of hydrogen-bond donors (Lipinski definition) is 3. The standard InChI is InChI=1S/C90H176O17P2/c1-8-10-11-12-13-14-15-16-17-20-28-33-38-43-52-59-66-74-90(95)107-86(78-101-88(93)72-65-58-51-46-45-49-56-63-70-83(7)9-2)80-105-109(98,99)103-76-84(91)75-102-108(96,97)104-79-85(77-100-87(92)71-64-57-50-42-37-32-27-24-23-26-31-36-41-48-55-62-69-82(5)6)106-89(94)73-67-60-53-44-39-34-29-22-19-18-21-25-30-35-40-47-54-61-68-81(3)4/h81-86,91H,8-80H2,1-7H3,(H,96,97)(H,98,99)/t83?,84-,85-,86-/m1/s1. The molecule has 0 aromatic heterocycles. The van der Waals surface area contributed by atoms with Gasteiger partial charge < -0.3 is 33.8 Å². The molecule has 0 fully saturated rings. The molecule has 0 amide bonds. The smallest absolute Gasteiger partial charge is 0.462 e. The number of phosphoric acid groups is 2. The van der Waals surface area contributed by atoms with Gasteiger partial charge in [-0.2, -0.15) is 0 Å². The third-order valence-electron chi connectivity index (χ3n) is 21.5. The van der Waals surface area contributed by atoms with Crippen LogP contribution in [0.1, 0.15) is 479 Å². The van der Waals surface area contributed by atoms with Crippen LogP contribution in [-0.2, 0) is 65.4 Å². The number of unbranched alkanes of at least 4 members (excludes halogenated alkanes) is 55. The van der Waals surface area contributed by atoms with E-state index in [9.17, 15) is 43.2 Å². The summed E-state index contributed by atoms with van der Waals surface area (Å²) in [6, 6.07) is 0. The third-order valence-corrected chi connectivity index (χ3v) is 23.4. The predicted molar refractivity (Wildman–Crippen MR) is 451 cm³/mol. The highest BCUT2D eigenvalue weighted by Crippen LogP contribution is 2.45. The molecule has 0 radical (unpaired) electrons. The number of phosphoric ester groups is 2. The fraction of sp³-hybridized carbons (Fsp3) is 0.956. The van der Waals surface area contributed by atoms with Gasteiger partial charge in [-0.3, -0.25) is 37.3 Å². The summed E-state index contributed by atoms with van der Waals surface area (Å²) in [5.41, 5.74) is 0. The predicted octanol–water partition coefficient (Wildman–Crippen LogP) is 27.6. The molecule has 0 aliphatic rings. The van der Waals surface area contributed by atoms with Gasteiger partial charge in [0.25, 0.3) is 0 Å². The van der Waals surface area contributed by atoms with Crippen LogP contribution in [0.2, 0.25) is 0 Å². The van der Waals surface area contributed by atoms with E-state index in [0.717, 1.165) is 108 Å². The topological polar surface area (TPSA) is 237 Å². The van der Waals surface area contributed by atoms with Crippen molar-refractivity contribution in [3.05, 3.63) is 0 Å². The molecule has 0 heterocycles. The highest BCUT2D eigenvalue weighted by molar-refractivity contribution is 7.47. The Bertz CT molecular complexity index is 2100. The van der Waals surface area contributed by atoms with Crippen molar-refractivity contribution in [1.29, 1.82) is 0 Å². The van der Waals surface area contributed by atoms with Gasteiger partial charge in [-0.15, -0.1) is 0 Å². The fourth-order valence-corrected chi connectivity index (χ4v) is 15.6. The second-order valence-corrected chi connectivity index (χ2v) is 36.4. The van der Waals surface area contributed by atoms with Gasteiger partial charge in [-0.25, -0.2) is 9.13 Å². The van der Waals surface area contributed by atoms with Crippen LogP contribution in [0.3, 0.4) is 0 Å². The number of carbonyl (C=O) groups is 4. The van der Waals surface area contributed by atoms with E-state index in [1.165, 1.54) is 289 Å². The number of hydrogen-bond acceptors (Lipinski definition) is 15. The van der Waals surface area contributed by atoms with Crippen LogP contribution in [0.4, 0.5) is 0 Å². The first-order chi connectivity index (χ1) is 52.8. The number of ether oxygens (including phenoxy) is 4. The minimum absolute atomic E-state index is 0.108. The molecule has 3 unspecified atom stereocenters. The molecule has 0 spiro atoms. The van der Waals surface area contributed by atoms with Gasteiger partial charge in [-0.1, -0.05) is 427 Å². The minimum atomic E-state index is -4.97. The SMILES string of the molecule is CCCCCCCCCCCCCCCCCCCC(=O)O[C@H](COC(=O)CCCCCCCCCCC(C)CC)COP(=O)(O)OC[C@H](O)COP(=O)(O)OC[C@@H](COC(=O)CCCCCCCCCCCCCCCCCCC(C)C)OC(=O)CCCCCCCCCCCCCCCCCCCCC(C)C. The maximum absolute atomic E-state index is 13.2. The molecule has 0 aromatic carbocycles. The van der Waals surface area contributed by atoms with Gasteiger partial charge in [0.2, 0.25) is 0 Å². The molecule has 109 heavy (non-hydrogen) atoms. The van der Waals surface area contributed by atoms with E-state index in [1.54, 1.807) is 0 Å². The van der Waals surface area contributed by atoms with Gasteiger partial charge in [0, 0.05) is 25.7 Å². The number of esters is 4. The Hall–Kier alpha value is -1.94. The third kappa shape index (κ3) is 82.4. The lowest BCUT2D eigenvalue weighted by molar-refractivity contribution is -0.161. The molecule has 648 valence electrons. The Morgan fingerprint density at radius 3 is 0.697 bits per heavy atom. The first kappa shape index (κ1) is 107. The molecule has 19 heteroatoms. The van der Waals surface area contributed by atoms with Crippen LogP contribution in [0.25, 0.3) is 0 Å². The molecule has 0 aromatic rings. The summed E-state index contributed by atoms with van der Waals surface area (Å²) in [5, 5.41) is 10.7. The van der Waals surface area contributed by atoms with E-state index in [1.807, 2.05) is 0 Å². The Morgan fingerprint density at radius 2 is 0.468 bits per heavy atom. The normalized spacial score (nSPS) is 14.1. The summed E-state index contributed by atoms with van der Waals surface area (Å²) in [6.45, 7) is 12.1. The van der Waals surface area contributed by atoms with Crippen molar-refractivity contribution in [2.75, 3.05) is 39.6 Å². The van der Waals surface area contributed by atoms with Crippen LogP contribution in [0.15, 0.2) is 0 Å². The van der Waals surface area contributed by atoms with Crippen molar-refractivity contribution in [2.24, 2.45) is 17.8 Å². The monoisotopic (exact) mass is 1590 g/mol. The van der Waals surface area contributed by atoms with E-state index in [-0.39, 0.29) is 25.7 Å². The van der Waals surface area contributed by atoms with E-state index in [2.05, 4.69) is 48.5 Å². The number of aliphatic hydroxyl groups is 1. The molecule has 0 rings (SSSR count). The Labute approximate surface area is 670 Å². The quantitative estimate of drug-likeness (QED) is 0.0222. The van der Waals surface area contributed by atoms with Gasteiger partial charge in [0.15, 0.2) is 12.2 Å². The van der Waals surface area contributed by atoms with E-state index < -0.39 is 97.5 Å². The minimum Gasteiger partial charge on any atom is -0.462 e. The number of aliphatic hydroxyl groups excluding tert-OH is 1. The Morgan fingerprint density at radius 1 is 0.266 bits per heavy atom. The lowest BCUT2D eigenvalue weighted by Gasteiger charge is -2.21. The number of rotatable bonds is 88.